The van der Waals surface area contributed by atoms with Crippen LogP contribution >= 0.6 is 11.6 Å². The monoisotopic (exact) mass is 356 g/mol. The largest absolute Gasteiger partial charge is 0.417 e. The molecule has 0 spiro atoms. The zero-order valence-electron chi connectivity index (χ0n) is 11.9. The van der Waals surface area contributed by atoms with Crippen LogP contribution in [0.1, 0.15) is 35.1 Å². The van der Waals surface area contributed by atoms with E-state index in [0.29, 0.717) is 23.3 Å². The normalized spacial score (nSPS) is 20.5. The summed E-state index contributed by atoms with van der Waals surface area (Å²) < 4.78 is 52.4. The number of nitrogens with zero attached hydrogens (tertiary/aromatic N) is 4. The maximum absolute atomic E-state index is 13.6. The van der Waals surface area contributed by atoms with Gasteiger partial charge < -0.3 is 0 Å². The highest BCUT2D eigenvalue weighted by atomic mass is 35.5. The number of rotatable bonds is 2. The van der Waals surface area contributed by atoms with E-state index in [-0.39, 0.29) is 17.0 Å². The van der Waals surface area contributed by atoms with Crippen LogP contribution in [0.4, 0.5) is 17.6 Å². The smallest absolute Gasteiger partial charge is 0.260 e. The zero-order valence-corrected chi connectivity index (χ0v) is 12.7. The molecule has 0 aliphatic heterocycles. The average Bonchev–Trinajstić information content (AvgIpc) is 3.24. The summed E-state index contributed by atoms with van der Waals surface area (Å²) in [4.78, 5) is 7.91. The Balaban J connectivity index is 1.65. The lowest BCUT2D eigenvalue weighted by Crippen LogP contribution is -2.05. The summed E-state index contributed by atoms with van der Waals surface area (Å²) in [5.41, 5.74) is 0.848. The summed E-state index contributed by atoms with van der Waals surface area (Å²) in [6.45, 7) is 0. The number of hydrogen-bond donors (Lipinski definition) is 0. The molecule has 4 nitrogen and oxygen atoms in total. The molecule has 1 aliphatic carbocycles. The van der Waals surface area contributed by atoms with Crippen LogP contribution in [0.5, 0.6) is 0 Å². The molecule has 124 valence electrons. The van der Waals surface area contributed by atoms with Crippen LogP contribution in [0.3, 0.4) is 0 Å². The van der Waals surface area contributed by atoms with E-state index in [1.54, 1.807) is 6.07 Å². The number of fused-ring (bicyclic) bond motifs is 1. The molecule has 3 heterocycles. The van der Waals surface area contributed by atoms with Crippen molar-refractivity contribution in [3.63, 3.8) is 0 Å². The predicted molar refractivity (Wildman–Crippen MR) is 77.3 cm³/mol. The zero-order chi connectivity index (χ0) is 17.1. The Bertz CT molecular complexity index is 920. The van der Waals surface area contributed by atoms with Crippen LogP contribution in [-0.2, 0) is 6.18 Å². The highest BCUT2D eigenvalue weighted by molar-refractivity contribution is 6.29. The average molecular weight is 357 g/mol. The number of aromatic nitrogens is 4. The minimum Gasteiger partial charge on any atom is -0.260 e. The SMILES string of the molecule is Fc1cnc2c([C@H]3C[C@@H]3c3ccc(C(F)(F)F)cn3)cc(Cl)nn12. The van der Waals surface area contributed by atoms with E-state index in [0.717, 1.165) is 23.0 Å². The van der Waals surface area contributed by atoms with Crippen molar-refractivity contribution in [3.05, 3.63) is 58.5 Å². The molecule has 24 heavy (non-hydrogen) atoms. The van der Waals surface area contributed by atoms with Crippen molar-refractivity contribution in [1.82, 2.24) is 19.6 Å². The molecule has 0 amide bonds. The van der Waals surface area contributed by atoms with Crippen molar-refractivity contribution in [2.24, 2.45) is 0 Å². The van der Waals surface area contributed by atoms with E-state index in [1.165, 1.54) is 6.07 Å². The van der Waals surface area contributed by atoms with Gasteiger partial charge in [0, 0.05) is 23.4 Å². The molecule has 9 heteroatoms. The van der Waals surface area contributed by atoms with Crippen molar-refractivity contribution in [3.8, 4) is 0 Å². The Hall–Kier alpha value is -2.22. The van der Waals surface area contributed by atoms with E-state index in [1.807, 2.05) is 0 Å². The predicted octanol–water partition coefficient (Wildman–Crippen LogP) is 4.21. The highest BCUT2D eigenvalue weighted by Crippen LogP contribution is 2.55. The number of halogens is 5. The van der Waals surface area contributed by atoms with Crippen LogP contribution in [-0.4, -0.2) is 19.6 Å². The first kappa shape index (κ1) is 15.3. The van der Waals surface area contributed by atoms with Gasteiger partial charge in [0.15, 0.2) is 10.8 Å². The number of imidazole rings is 1. The van der Waals surface area contributed by atoms with Crippen molar-refractivity contribution in [2.45, 2.75) is 24.4 Å². The van der Waals surface area contributed by atoms with E-state index < -0.39 is 17.7 Å². The van der Waals surface area contributed by atoms with Gasteiger partial charge in [-0.05, 0) is 30.5 Å². The molecule has 0 aromatic carbocycles. The first-order chi connectivity index (χ1) is 11.3. The lowest BCUT2D eigenvalue weighted by Gasteiger charge is -2.07. The van der Waals surface area contributed by atoms with Crippen LogP contribution < -0.4 is 0 Å². The topological polar surface area (TPSA) is 43.1 Å². The minimum absolute atomic E-state index is 0.0287. The fraction of sp³-hybridized carbons (Fsp3) is 0.267. The lowest BCUT2D eigenvalue weighted by atomic mass is 10.1. The Morgan fingerprint density at radius 1 is 1.12 bits per heavy atom. The Labute approximate surface area is 138 Å². The van der Waals surface area contributed by atoms with Crippen molar-refractivity contribution in [1.29, 1.82) is 0 Å². The molecule has 0 unspecified atom stereocenters. The Kier molecular flexibility index (Phi) is 3.28. The summed E-state index contributed by atoms with van der Waals surface area (Å²) in [6, 6.07) is 4.00. The molecule has 4 rings (SSSR count). The molecule has 1 aliphatic rings. The molecule has 0 bridgehead atoms. The van der Waals surface area contributed by atoms with Crippen LogP contribution in [0, 0.1) is 5.95 Å². The second kappa shape index (κ2) is 5.14. The van der Waals surface area contributed by atoms with Gasteiger partial charge in [-0.15, -0.1) is 0 Å². The Morgan fingerprint density at radius 2 is 1.92 bits per heavy atom. The molecular weight excluding hydrogens is 348 g/mol. The first-order valence-corrected chi connectivity index (χ1v) is 7.45. The number of alkyl halides is 3. The van der Waals surface area contributed by atoms with Gasteiger partial charge in [-0.25, -0.2) is 4.98 Å². The fourth-order valence-corrected chi connectivity index (χ4v) is 3.06. The molecule has 0 N–H and O–H groups in total. The molecule has 3 aromatic rings. The summed E-state index contributed by atoms with van der Waals surface area (Å²) in [6.07, 6.45) is -1.85. The van der Waals surface area contributed by atoms with E-state index >= 15 is 0 Å². The second-order valence-electron chi connectivity index (χ2n) is 5.66. The van der Waals surface area contributed by atoms with Crippen molar-refractivity contribution >= 4 is 17.2 Å². The third-order valence-corrected chi connectivity index (χ3v) is 4.29. The van der Waals surface area contributed by atoms with Gasteiger partial charge in [-0.3, -0.25) is 4.98 Å². The summed E-state index contributed by atoms with van der Waals surface area (Å²) in [7, 11) is 0. The van der Waals surface area contributed by atoms with E-state index in [9.17, 15) is 17.6 Å². The van der Waals surface area contributed by atoms with Gasteiger partial charge in [0.25, 0.3) is 0 Å². The van der Waals surface area contributed by atoms with Crippen LogP contribution in [0.2, 0.25) is 5.15 Å². The molecule has 3 aromatic heterocycles. The second-order valence-corrected chi connectivity index (χ2v) is 6.04. The highest BCUT2D eigenvalue weighted by Gasteiger charge is 2.43. The third-order valence-electron chi connectivity index (χ3n) is 4.11. The molecule has 2 atom stereocenters. The quantitative estimate of drug-likeness (QED) is 0.646. The maximum Gasteiger partial charge on any atom is 0.417 e. The Morgan fingerprint density at radius 3 is 2.58 bits per heavy atom. The first-order valence-electron chi connectivity index (χ1n) is 7.07. The summed E-state index contributed by atoms with van der Waals surface area (Å²) in [5, 5.41) is 3.97. The molecule has 1 saturated carbocycles. The van der Waals surface area contributed by atoms with Gasteiger partial charge in [0.1, 0.15) is 0 Å². The summed E-state index contributed by atoms with van der Waals surface area (Å²) in [5.74, 6) is -0.702. The van der Waals surface area contributed by atoms with E-state index in [2.05, 4.69) is 15.1 Å². The van der Waals surface area contributed by atoms with Gasteiger partial charge in [0.2, 0.25) is 5.95 Å². The van der Waals surface area contributed by atoms with Crippen molar-refractivity contribution in [2.75, 3.05) is 0 Å². The third kappa shape index (κ3) is 2.50. The molecule has 0 radical (unpaired) electrons. The standard InChI is InChI=1S/C15H9ClF4N4/c16-12-4-10(14-22-6-13(17)24(14)23-12)8-3-9(8)11-2-1-7(5-21-11)15(18,19)20/h1-2,4-6,8-9H,3H2/t8-,9-/m0/s1. The molecular formula is C15H9ClF4N4. The maximum atomic E-state index is 13.6. The van der Waals surface area contributed by atoms with Gasteiger partial charge in [-0.2, -0.15) is 27.2 Å². The molecule has 0 saturated heterocycles. The lowest BCUT2D eigenvalue weighted by molar-refractivity contribution is -0.137. The minimum atomic E-state index is -4.41. The molecule has 1 fully saturated rings. The van der Waals surface area contributed by atoms with Gasteiger partial charge in [0.05, 0.1) is 11.8 Å². The summed E-state index contributed by atoms with van der Waals surface area (Å²) >= 11 is 5.92. The van der Waals surface area contributed by atoms with Crippen LogP contribution in [0.15, 0.2) is 30.6 Å². The van der Waals surface area contributed by atoms with E-state index in [4.69, 9.17) is 11.6 Å². The van der Waals surface area contributed by atoms with Crippen LogP contribution in [0.25, 0.3) is 5.65 Å². The fourth-order valence-electron chi connectivity index (χ4n) is 2.86. The number of hydrogen-bond acceptors (Lipinski definition) is 3. The van der Waals surface area contributed by atoms with Crippen molar-refractivity contribution < 1.29 is 17.6 Å². The van der Waals surface area contributed by atoms with Gasteiger partial charge >= 0.3 is 6.18 Å². The number of pyridine rings is 1. The van der Waals surface area contributed by atoms with Gasteiger partial charge in [-0.1, -0.05) is 11.6 Å².